The molecule has 2 aliphatic carbocycles. The molecule has 0 heterocycles. The van der Waals surface area contributed by atoms with Gasteiger partial charge in [-0.15, -0.1) is 0 Å². The molecule has 0 aliphatic heterocycles. The molecule has 0 saturated heterocycles. The second-order valence-electron chi connectivity index (χ2n) is 6.77. The topological polar surface area (TPSA) is 62.7 Å². The van der Waals surface area contributed by atoms with Crippen molar-refractivity contribution in [3.05, 3.63) is 0 Å². The highest BCUT2D eigenvalue weighted by Crippen LogP contribution is 2.28. The van der Waals surface area contributed by atoms with Crippen LogP contribution in [0.3, 0.4) is 0 Å². The summed E-state index contributed by atoms with van der Waals surface area (Å²) >= 11 is 1.96. The molecule has 2 fully saturated rings. The van der Waals surface area contributed by atoms with Gasteiger partial charge in [0.05, 0.1) is 0 Å². The molecule has 0 radical (unpaired) electrons. The quantitative estimate of drug-likeness (QED) is 0.303. The molecular formula is C18H33N3O2S. The molecule has 0 aromatic carbocycles. The van der Waals surface area contributed by atoms with E-state index in [2.05, 4.69) is 28.8 Å². The SMILES string of the molecule is CCNC(=NCCCC(=O)OC1CCCC1)NC1CCC(SC)C1. The zero-order valence-corrected chi connectivity index (χ0v) is 16.0. The number of nitrogens with one attached hydrogen (secondary N) is 2. The first-order valence-corrected chi connectivity index (χ1v) is 10.8. The third kappa shape index (κ3) is 6.91. The van der Waals surface area contributed by atoms with E-state index in [1.165, 1.54) is 32.1 Å². The molecular weight excluding hydrogens is 322 g/mol. The first kappa shape index (κ1) is 19.4. The Morgan fingerprint density at radius 2 is 2.04 bits per heavy atom. The highest BCUT2D eigenvalue weighted by molar-refractivity contribution is 7.99. The molecule has 6 heteroatoms. The van der Waals surface area contributed by atoms with Crippen LogP contribution in [0.1, 0.15) is 64.7 Å². The van der Waals surface area contributed by atoms with E-state index < -0.39 is 0 Å². The maximum Gasteiger partial charge on any atom is 0.306 e. The summed E-state index contributed by atoms with van der Waals surface area (Å²) in [6.07, 6.45) is 11.7. The molecule has 138 valence electrons. The minimum Gasteiger partial charge on any atom is -0.462 e. The number of thioether (sulfide) groups is 1. The van der Waals surface area contributed by atoms with Gasteiger partial charge in [-0.2, -0.15) is 11.8 Å². The Morgan fingerprint density at radius 3 is 2.71 bits per heavy atom. The number of aliphatic imine (C=N–C) groups is 1. The van der Waals surface area contributed by atoms with E-state index >= 15 is 0 Å². The summed E-state index contributed by atoms with van der Waals surface area (Å²) in [6, 6.07) is 0.521. The minimum absolute atomic E-state index is 0.0614. The summed E-state index contributed by atoms with van der Waals surface area (Å²) in [4.78, 5) is 16.4. The van der Waals surface area contributed by atoms with Gasteiger partial charge in [0, 0.05) is 30.8 Å². The molecule has 0 aromatic heterocycles. The summed E-state index contributed by atoms with van der Waals surface area (Å²) in [6.45, 7) is 3.59. The normalized spacial score (nSPS) is 25.0. The minimum atomic E-state index is -0.0614. The zero-order valence-electron chi connectivity index (χ0n) is 15.2. The fourth-order valence-corrected chi connectivity index (χ4v) is 4.26. The largest absolute Gasteiger partial charge is 0.462 e. The van der Waals surface area contributed by atoms with Crippen molar-refractivity contribution in [1.29, 1.82) is 0 Å². The predicted molar refractivity (Wildman–Crippen MR) is 102 cm³/mol. The smallest absolute Gasteiger partial charge is 0.306 e. The van der Waals surface area contributed by atoms with Gasteiger partial charge in [0.15, 0.2) is 5.96 Å². The van der Waals surface area contributed by atoms with Gasteiger partial charge >= 0.3 is 5.97 Å². The van der Waals surface area contributed by atoms with Crippen molar-refractivity contribution in [1.82, 2.24) is 10.6 Å². The van der Waals surface area contributed by atoms with Crippen LogP contribution in [0.5, 0.6) is 0 Å². The third-order valence-corrected chi connectivity index (χ3v) is 5.91. The van der Waals surface area contributed by atoms with Crippen LogP contribution in [-0.2, 0) is 9.53 Å². The van der Waals surface area contributed by atoms with E-state index in [4.69, 9.17) is 4.74 Å². The van der Waals surface area contributed by atoms with E-state index in [9.17, 15) is 4.79 Å². The lowest BCUT2D eigenvalue weighted by atomic mass is 10.2. The number of guanidine groups is 1. The zero-order chi connectivity index (χ0) is 17.2. The number of ether oxygens (including phenoxy) is 1. The Labute approximate surface area is 150 Å². The summed E-state index contributed by atoms with van der Waals surface area (Å²) in [7, 11) is 0. The van der Waals surface area contributed by atoms with Crippen molar-refractivity contribution in [3.63, 3.8) is 0 Å². The average Bonchev–Trinajstić information content (AvgIpc) is 3.23. The van der Waals surface area contributed by atoms with Crippen LogP contribution in [0.15, 0.2) is 4.99 Å². The van der Waals surface area contributed by atoms with Crippen LogP contribution in [-0.4, -0.2) is 48.7 Å². The first-order valence-electron chi connectivity index (χ1n) is 9.48. The van der Waals surface area contributed by atoms with Gasteiger partial charge in [-0.05, 0) is 64.5 Å². The van der Waals surface area contributed by atoms with Gasteiger partial charge in [-0.25, -0.2) is 0 Å². The lowest BCUT2D eigenvalue weighted by Gasteiger charge is -2.17. The van der Waals surface area contributed by atoms with Crippen LogP contribution in [0.4, 0.5) is 0 Å². The Kier molecular flexibility index (Phi) is 8.78. The molecule has 0 aromatic rings. The molecule has 5 nitrogen and oxygen atoms in total. The molecule has 2 aliphatic rings. The van der Waals surface area contributed by atoms with E-state index in [1.54, 1.807) is 0 Å². The number of carbonyl (C=O) groups excluding carboxylic acids is 1. The van der Waals surface area contributed by atoms with E-state index in [-0.39, 0.29) is 12.1 Å². The highest BCUT2D eigenvalue weighted by Gasteiger charge is 2.24. The van der Waals surface area contributed by atoms with Gasteiger partial charge in [-0.1, -0.05) is 0 Å². The lowest BCUT2D eigenvalue weighted by Crippen LogP contribution is -2.42. The van der Waals surface area contributed by atoms with E-state index in [1.807, 2.05) is 11.8 Å². The fourth-order valence-electron chi connectivity index (χ4n) is 3.46. The van der Waals surface area contributed by atoms with Gasteiger partial charge in [-0.3, -0.25) is 9.79 Å². The van der Waals surface area contributed by atoms with Crippen LogP contribution >= 0.6 is 11.8 Å². The monoisotopic (exact) mass is 355 g/mol. The van der Waals surface area contributed by atoms with Crippen LogP contribution in [0.25, 0.3) is 0 Å². The van der Waals surface area contributed by atoms with E-state index in [0.29, 0.717) is 19.0 Å². The summed E-state index contributed by atoms with van der Waals surface area (Å²) in [5, 5.41) is 7.62. The van der Waals surface area contributed by atoms with Gasteiger partial charge in [0.2, 0.25) is 0 Å². The number of nitrogens with zero attached hydrogens (tertiary/aromatic N) is 1. The molecule has 0 amide bonds. The number of carbonyl (C=O) groups is 1. The Bertz CT molecular complexity index is 411. The van der Waals surface area contributed by atoms with Crippen LogP contribution < -0.4 is 10.6 Å². The standard InChI is InChI=1S/C18H33N3O2S/c1-3-19-18(21-14-10-11-16(13-14)24-2)20-12-6-9-17(22)23-15-7-4-5-8-15/h14-16H,3-13H2,1-2H3,(H2,19,20,21). The number of hydrogen-bond donors (Lipinski definition) is 2. The summed E-state index contributed by atoms with van der Waals surface area (Å²) in [5.74, 6) is 0.821. The molecule has 2 N–H and O–H groups in total. The molecule has 2 unspecified atom stereocenters. The second kappa shape index (κ2) is 10.9. The second-order valence-corrected chi connectivity index (χ2v) is 7.91. The molecule has 0 bridgehead atoms. The van der Waals surface area contributed by atoms with Crippen LogP contribution in [0.2, 0.25) is 0 Å². The van der Waals surface area contributed by atoms with Gasteiger partial charge < -0.3 is 15.4 Å². The van der Waals surface area contributed by atoms with Crippen molar-refractivity contribution in [3.8, 4) is 0 Å². The maximum atomic E-state index is 11.8. The Hall–Kier alpha value is -0.910. The van der Waals surface area contributed by atoms with Crippen LogP contribution in [0, 0.1) is 0 Å². The van der Waals surface area contributed by atoms with Gasteiger partial charge in [0.1, 0.15) is 6.10 Å². The number of hydrogen-bond acceptors (Lipinski definition) is 4. The number of esters is 1. The third-order valence-electron chi connectivity index (χ3n) is 4.81. The molecule has 0 spiro atoms. The van der Waals surface area contributed by atoms with Crippen molar-refractivity contribution in [2.45, 2.75) is 82.1 Å². The van der Waals surface area contributed by atoms with Crippen molar-refractivity contribution in [2.75, 3.05) is 19.3 Å². The predicted octanol–water partition coefficient (Wildman–Crippen LogP) is 3.09. The summed E-state index contributed by atoms with van der Waals surface area (Å²) in [5.41, 5.74) is 0. The first-order chi connectivity index (χ1) is 11.7. The number of rotatable bonds is 8. The van der Waals surface area contributed by atoms with E-state index in [0.717, 1.165) is 37.0 Å². The molecule has 2 rings (SSSR count). The van der Waals surface area contributed by atoms with Crippen molar-refractivity contribution in [2.24, 2.45) is 4.99 Å². The van der Waals surface area contributed by atoms with Crippen molar-refractivity contribution < 1.29 is 9.53 Å². The Balaban J connectivity index is 1.65. The molecule has 24 heavy (non-hydrogen) atoms. The highest BCUT2D eigenvalue weighted by atomic mass is 32.2. The Morgan fingerprint density at radius 1 is 1.25 bits per heavy atom. The molecule has 2 saturated carbocycles. The van der Waals surface area contributed by atoms with Crippen molar-refractivity contribution >= 4 is 23.7 Å². The maximum absolute atomic E-state index is 11.8. The van der Waals surface area contributed by atoms with Gasteiger partial charge in [0.25, 0.3) is 0 Å². The fraction of sp³-hybridized carbons (Fsp3) is 0.889. The average molecular weight is 356 g/mol. The lowest BCUT2D eigenvalue weighted by molar-refractivity contribution is -0.148. The summed E-state index contributed by atoms with van der Waals surface area (Å²) < 4.78 is 5.48. The molecule has 2 atom stereocenters.